The van der Waals surface area contributed by atoms with Crippen LogP contribution in [0.2, 0.25) is 0 Å². The summed E-state index contributed by atoms with van der Waals surface area (Å²) in [6, 6.07) is 8.52. The maximum absolute atomic E-state index is 5.56. The molecule has 0 aliphatic rings. The van der Waals surface area contributed by atoms with Gasteiger partial charge in [-0.1, -0.05) is 38.1 Å². The van der Waals surface area contributed by atoms with Crippen molar-refractivity contribution in [2.24, 2.45) is 5.10 Å². The van der Waals surface area contributed by atoms with Gasteiger partial charge >= 0.3 is 0 Å². The Balaban J connectivity index is 1.88. The minimum Gasteiger partial charge on any atom is -0.383 e. The minimum absolute atomic E-state index is 0.515. The molecule has 124 valence electrons. The van der Waals surface area contributed by atoms with Crippen LogP contribution in [0.1, 0.15) is 37.8 Å². The summed E-state index contributed by atoms with van der Waals surface area (Å²) in [4.78, 5) is 6.59. The molecule has 23 heavy (non-hydrogen) atoms. The maximum atomic E-state index is 5.56. The van der Waals surface area contributed by atoms with E-state index in [0.717, 1.165) is 25.2 Å². The lowest BCUT2D eigenvalue weighted by molar-refractivity contribution is 0.266. The molecule has 0 bridgehead atoms. The number of hydrazone groups is 1. The first-order chi connectivity index (χ1) is 11.2. The van der Waals surface area contributed by atoms with Gasteiger partial charge in [-0.05, 0) is 37.1 Å². The molecule has 0 radical (unpaired) electrons. The van der Waals surface area contributed by atoms with Gasteiger partial charge in [0.2, 0.25) is 5.13 Å². The lowest BCUT2D eigenvalue weighted by Gasteiger charge is -2.20. The minimum atomic E-state index is 0.515. The van der Waals surface area contributed by atoms with E-state index in [-0.39, 0.29) is 0 Å². The number of hydrogen-bond donors (Lipinski definition) is 2. The number of anilines is 2. The average Bonchev–Trinajstić information content (AvgIpc) is 2.95. The number of aromatic nitrogens is 1. The molecule has 5 nitrogen and oxygen atoms in total. The monoisotopic (exact) mass is 331 g/mol. The molecule has 1 aromatic heterocycles. The third-order valence-corrected chi connectivity index (χ3v) is 4.13. The Morgan fingerprint density at radius 2 is 1.91 bits per heavy atom. The number of nitrogens with zero attached hydrogens (tertiary/aromatic N) is 3. The Kier molecular flexibility index (Phi) is 7.03. The van der Waals surface area contributed by atoms with E-state index < -0.39 is 0 Å². The van der Waals surface area contributed by atoms with E-state index in [1.54, 1.807) is 11.6 Å². The van der Waals surface area contributed by atoms with Gasteiger partial charge in [0.15, 0.2) is 0 Å². The Hall–Kier alpha value is -1.92. The summed E-state index contributed by atoms with van der Waals surface area (Å²) in [7, 11) is 0. The van der Waals surface area contributed by atoms with Crippen LogP contribution in [0.25, 0.3) is 0 Å². The van der Waals surface area contributed by atoms with Gasteiger partial charge in [0, 0.05) is 11.9 Å². The van der Waals surface area contributed by atoms with Gasteiger partial charge < -0.3 is 5.73 Å². The Bertz CT molecular complexity index is 600. The maximum Gasteiger partial charge on any atom is 0.205 e. The normalized spacial score (nSPS) is 11.4. The number of hydrogen-bond acceptors (Lipinski definition) is 6. The third-order valence-electron chi connectivity index (χ3n) is 3.36. The molecule has 0 amide bonds. The zero-order valence-corrected chi connectivity index (χ0v) is 14.6. The van der Waals surface area contributed by atoms with Gasteiger partial charge in [0.1, 0.15) is 5.82 Å². The van der Waals surface area contributed by atoms with Crippen molar-refractivity contribution in [1.82, 2.24) is 9.88 Å². The molecule has 0 atom stereocenters. The molecule has 0 aliphatic heterocycles. The van der Waals surface area contributed by atoms with Crippen molar-refractivity contribution in [3.05, 3.63) is 40.8 Å². The second kappa shape index (κ2) is 9.27. The molecule has 0 saturated heterocycles. The van der Waals surface area contributed by atoms with E-state index in [0.29, 0.717) is 10.9 Å². The van der Waals surface area contributed by atoms with E-state index >= 15 is 0 Å². The predicted octanol–water partition coefficient (Wildman–Crippen LogP) is 3.79. The average molecular weight is 331 g/mol. The summed E-state index contributed by atoms with van der Waals surface area (Å²) in [5.74, 6) is 0.515. The van der Waals surface area contributed by atoms with Gasteiger partial charge in [0.25, 0.3) is 0 Å². The van der Waals surface area contributed by atoms with Gasteiger partial charge in [0.05, 0.1) is 6.21 Å². The molecule has 0 saturated carbocycles. The fourth-order valence-electron chi connectivity index (χ4n) is 2.37. The number of rotatable bonds is 9. The Morgan fingerprint density at radius 3 is 2.48 bits per heavy atom. The summed E-state index contributed by atoms with van der Waals surface area (Å²) in [5, 5.41) is 6.66. The van der Waals surface area contributed by atoms with Gasteiger partial charge in [-0.15, -0.1) is 11.3 Å². The second-order valence-corrected chi connectivity index (χ2v) is 6.32. The third kappa shape index (κ3) is 6.00. The van der Waals surface area contributed by atoms with Crippen molar-refractivity contribution in [3.63, 3.8) is 0 Å². The topological polar surface area (TPSA) is 66.5 Å². The standard InChI is InChI=1S/C17H25N5S/c1-3-9-22(10-4-2)12-15-7-5-14(6-8-15)11-19-21-17-20-16(18)13-23-17/h5-8,11,13H,3-4,9-10,12,18H2,1-2H3,(H,20,21). The van der Waals surface area contributed by atoms with Crippen LogP contribution in [0.3, 0.4) is 0 Å². The summed E-state index contributed by atoms with van der Waals surface area (Å²) in [6.45, 7) is 7.77. The fourth-order valence-corrected chi connectivity index (χ4v) is 2.92. The molecular formula is C17H25N5S. The summed E-state index contributed by atoms with van der Waals surface area (Å²) in [5.41, 5.74) is 10.8. The molecule has 0 fully saturated rings. The van der Waals surface area contributed by atoms with E-state index in [1.165, 1.54) is 29.7 Å². The Morgan fingerprint density at radius 1 is 1.22 bits per heavy atom. The molecule has 1 aromatic carbocycles. The van der Waals surface area contributed by atoms with Crippen molar-refractivity contribution in [2.75, 3.05) is 24.2 Å². The van der Waals surface area contributed by atoms with E-state index in [9.17, 15) is 0 Å². The van der Waals surface area contributed by atoms with Crippen molar-refractivity contribution in [1.29, 1.82) is 0 Å². The number of benzene rings is 1. The van der Waals surface area contributed by atoms with Crippen molar-refractivity contribution in [3.8, 4) is 0 Å². The number of thiazole rings is 1. The van der Waals surface area contributed by atoms with Gasteiger partial charge in [-0.3, -0.25) is 10.3 Å². The molecule has 6 heteroatoms. The molecule has 1 heterocycles. The first-order valence-electron chi connectivity index (χ1n) is 8.02. The van der Waals surface area contributed by atoms with Crippen molar-refractivity contribution < 1.29 is 0 Å². The van der Waals surface area contributed by atoms with Crippen molar-refractivity contribution >= 4 is 28.5 Å². The first-order valence-corrected chi connectivity index (χ1v) is 8.90. The molecule has 0 unspecified atom stereocenters. The molecular weight excluding hydrogens is 306 g/mol. The smallest absolute Gasteiger partial charge is 0.205 e. The van der Waals surface area contributed by atoms with Crippen LogP contribution >= 0.6 is 11.3 Å². The lowest BCUT2D eigenvalue weighted by atomic mass is 10.1. The van der Waals surface area contributed by atoms with E-state index in [4.69, 9.17) is 5.73 Å². The highest BCUT2D eigenvalue weighted by Gasteiger charge is 2.03. The van der Waals surface area contributed by atoms with Crippen molar-refractivity contribution in [2.45, 2.75) is 33.2 Å². The highest BCUT2D eigenvalue weighted by Crippen LogP contribution is 2.16. The Labute approximate surface area is 142 Å². The zero-order chi connectivity index (χ0) is 16.5. The van der Waals surface area contributed by atoms with Crippen LogP contribution in [0.4, 0.5) is 10.9 Å². The summed E-state index contributed by atoms with van der Waals surface area (Å²) < 4.78 is 0. The SMILES string of the molecule is CCCN(CCC)Cc1ccc(C=NNc2nc(N)cs2)cc1. The molecule has 3 N–H and O–H groups in total. The van der Waals surface area contributed by atoms with Crippen LogP contribution < -0.4 is 11.2 Å². The van der Waals surface area contributed by atoms with Crippen LogP contribution in [-0.2, 0) is 6.54 Å². The van der Waals surface area contributed by atoms with Crippen LogP contribution in [0.5, 0.6) is 0 Å². The second-order valence-electron chi connectivity index (χ2n) is 5.47. The first kappa shape index (κ1) is 17.4. The number of nitrogens with one attached hydrogen (secondary N) is 1. The highest BCUT2D eigenvalue weighted by molar-refractivity contribution is 7.14. The predicted molar refractivity (Wildman–Crippen MR) is 100 cm³/mol. The number of nitrogens with two attached hydrogens (primary N) is 1. The van der Waals surface area contributed by atoms with E-state index in [2.05, 4.69) is 58.5 Å². The van der Waals surface area contributed by atoms with Crippen LogP contribution in [-0.4, -0.2) is 29.2 Å². The highest BCUT2D eigenvalue weighted by atomic mass is 32.1. The quantitative estimate of drug-likeness (QED) is 0.542. The summed E-state index contributed by atoms with van der Waals surface area (Å²) in [6.07, 6.45) is 4.17. The molecule has 2 aromatic rings. The van der Waals surface area contributed by atoms with Gasteiger partial charge in [-0.2, -0.15) is 5.10 Å². The fraction of sp³-hybridized carbons (Fsp3) is 0.412. The van der Waals surface area contributed by atoms with Crippen LogP contribution in [0.15, 0.2) is 34.7 Å². The van der Waals surface area contributed by atoms with Gasteiger partial charge in [-0.25, -0.2) is 4.98 Å². The molecule has 2 rings (SSSR count). The molecule has 0 spiro atoms. The largest absolute Gasteiger partial charge is 0.383 e. The molecule has 0 aliphatic carbocycles. The zero-order valence-electron chi connectivity index (χ0n) is 13.8. The lowest BCUT2D eigenvalue weighted by Crippen LogP contribution is -2.24. The van der Waals surface area contributed by atoms with Crippen LogP contribution in [0, 0.1) is 0 Å². The number of nitrogen functional groups attached to an aromatic ring is 1. The van der Waals surface area contributed by atoms with E-state index in [1.807, 2.05) is 0 Å². The summed E-state index contributed by atoms with van der Waals surface area (Å²) >= 11 is 1.44.